The van der Waals surface area contributed by atoms with Gasteiger partial charge >= 0.3 is 0 Å². The van der Waals surface area contributed by atoms with E-state index in [1.165, 1.54) is 6.07 Å². The third-order valence-corrected chi connectivity index (χ3v) is 6.66. The molecule has 1 atom stereocenters. The highest BCUT2D eigenvalue weighted by atomic mass is 19.1. The van der Waals surface area contributed by atoms with Crippen molar-refractivity contribution >= 4 is 16.8 Å². The number of halogens is 1. The molecule has 0 aliphatic rings. The van der Waals surface area contributed by atoms with Crippen molar-refractivity contribution in [1.82, 2.24) is 9.88 Å². The first-order valence-electron chi connectivity index (χ1n) is 12.3. The summed E-state index contributed by atoms with van der Waals surface area (Å²) in [5.74, 6) is 0.523. The number of nitrogens with zero attached hydrogens (tertiary/aromatic N) is 1. The number of hydrogen-bond donors (Lipinski definition) is 1. The first-order valence-corrected chi connectivity index (χ1v) is 12.3. The van der Waals surface area contributed by atoms with Crippen molar-refractivity contribution < 1.29 is 18.3 Å². The number of amides is 1. The molecule has 2 aromatic heterocycles. The van der Waals surface area contributed by atoms with Gasteiger partial charge in [-0.2, -0.15) is 0 Å². The number of rotatable bonds is 9. The van der Waals surface area contributed by atoms with Crippen molar-refractivity contribution in [1.29, 1.82) is 0 Å². The lowest BCUT2D eigenvalue weighted by Crippen LogP contribution is -2.25. The molecule has 0 unspecified atom stereocenters. The van der Waals surface area contributed by atoms with Gasteiger partial charge in [-0.15, -0.1) is 0 Å². The van der Waals surface area contributed by atoms with E-state index in [2.05, 4.69) is 22.1 Å². The van der Waals surface area contributed by atoms with Gasteiger partial charge in [-0.05, 0) is 60.0 Å². The predicted molar refractivity (Wildman–Crippen MR) is 142 cm³/mol. The van der Waals surface area contributed by atoms with Gasteiger partial charge in [0.15, 0.2) is 0 Å². The first kappa shape index (κ1) is 24.4. The molecule has 2 heterocycles. The summed E-state index contributed by atoms with van der Waals surface area (Å²) >= 11 is 0. The topological polar surface area (TPSA) is 56.4 Å². The van der Waals surface area contributed by atoms with Gasteiger partial charge in [0.1, 0.15) is 17.3 Å². The molecule has 0 spiro atoms. The van der Waals surface area contributed by atoms with Gasteiger partial charge in [-0.1, -0.05) is 48.0 Å². The van der Waals surface area contributed by atoms with Crippen LogP contribution in [0.1, 0.15) is 40.4 Å². The fourth-order valence-electron chi connectivity index (χ4n) is 4.79. The summed E-state index contributed by atoms with van der Waals surface area (Å²) in [5, 5.41) is 3.92. The number of aromatic nitrogens is 1. The lowest BCUT2D eigenvalue weighted by molar-refractivity contribution is -0.121. The molecule has 188 valence electrons. The zero-order chi connectivity index (χ0) is 25.8. The second kappa shape index (κ2) is 10.7. The highest BCUT2D eigenvalue weighted by Gasteiger charge is 2.25. The van der Waals surface area contributed by atoms with Crippen LogP contribution in [0, 0.1) is 12.7 Å². The Morgan fingerprint density at radius 3 is 2.59 bits per heavy atom. The monoisotopic (exact) mass is 496 g/mol. The smallest absolute Gasteiger partial charge is 0.221 e. The number of ether oxygens (including phenoxy) is 1. The van der Waals surface area contributed by atoms with E-state index in [4.69, 9.17) is 9.15 Å². The van der Waals surface area contributed by atoms with Crippen LogP contribution in [0.5, 0.6) is 5.75 Å². The van der Waals surface area contributed by atoms with Crippen LogP contribution in [0.4, 0.5) is 4.39 Å². The van der Waals surface area contributed by atoms with Crippen LogP contribution in [0.2, 0.25) is 0 Å². The molecule has 0 radical (unpaired) electrons. The van der Waals surface area contributed by atoms with Crippen LogP contribution in [-0.2, 0) is 17.9 Å². The second-order valence-electron chi connectivity index (χ2n) is 9.22. The number of para-hydroxylation sites is 1. The molecule has 1 amide bonds. The first-order chi connectivity index (χ1) is 18.0. The molecular weight excluding hydrogens is 467 g/mol. The van der Waals surface area contributed by atoms with Crippen LogP contribution in [-0.4, -0.2) is 17.6 Å². The number of benzene rings is 3. The van der Waals surface area contributed by atoms with Crippen molar-refractivity contribution in [3.63, 3.8) is 0 Å². The predicted octanol–water partition coefficient (Wildman–Crippen LogP) is 6.58. The maximum atomic E-state index is 15.2. The van der Waals surface area contributed by atoms with Gasteiger partial charge in [0, 0.05) is 36.0 Å². The normalized spacial score (nSPS) is 12.0. The summed E-state index contributed by atoms with van der Waals surface area (Å²) in [5.41, 5.74) is 4.52. The van der Waals surface area contributed by atoms with E-state index >= 15 is 4.39 Å². The Bertz CT molecular complexity index is 1500. The van der Waals surface area contributed by atoms with E-state index in [0.29, 0.717) is 17.9 Å². The minimum Gasteiger partial charge on any atom is -0.497 e. The van der Waals surface area contributed by atoms with Crippen LogP contribution >= 0.6 is 0 Å². The quantitative estimate of drug-likeness (QED) is 0.251. The molecule has 3 aromatic carbocycles. The number of furan rings is 1. The van der Waals surface area contributed by atoms with Crippen molar-refractivity contribution in [2.24, 2.45) is 0 Å². The average molecular weight is 497 g/mol. The molecule has 1 N–H and O–H groups in total. The molecule has 5 aromatic rings. The van der Waals surface area contributed by atoms with E-state index in [0.717, 1.165) is 33.3 Å². The van der Waals surface area contributed by atoms with Crippen LogP contribution in [0.25, 0.3) is 10.9 Å². The number of aryl methyl sites for hydroxylation is 1. The molecule has 0 bridgehead atoms. The lowest BCUT2D eigenvalue weighted by atomic mass is 9.87. The Morgan fingerprint density at radius 1 is 1.03 bits per heavy atom. The fraction of sp³-hybridized carbons (Fsp3) is 0.194. The van der Waals surface area contributed by atoms with Crippen molar-refractivity contribution in [2.45, 2.75) is 32.4 Å². The van der Waals surface area contributed by atoms with Crippen molar-refractivity contribution in [3.8, 4) is 5.75 Å². The highest BCUT2D eigenvalue weighted by molar-refractivity contribution is 5.87. The molecular formula is C31H29FN2O3. The third-order valence-electron chi connectivity index (χ3n) is 6.66. The molecule has 37 heavy (non-hydrogen) atoms. The van der Waals surface area contributed by atoms with Gasteiger partial charge in [-0.3, -0.25) is 4.79 Å². The molecule has 0 saturated carbocycles. The highest BCUT2D eigenvalue weighted by Crippen LogP contribution is 2.36. The standard InChI is InChI=1S/C31H29FN2O3/c1-21-9-14-29(32)27(16-21)26(17-31(35)33-18-24-6-5-15-37-24)28-20-34(30-8-4-3-7-25(28)30)19-22-10-12-23(36-2)13-11-22/h3-16,20,26H,17-19H2,1-2H3,(H,33,35)/t26-/m0/s1. The van der Waals surface area contributed by atoms with Gasteiger partial charge in [0.05, 0.1) is 19.9 Å². The molecule has 0 saturated heterocycles. The Hall–Kier alpha value is -4.32. The summed E-state index contributed by atoms with van der Waals surface area (Å²) in [6, 6.07) is 24.7. The maximum absolute atomic E-state index is 15.2. The molecule has 6 heteroatoms. The maximum Gasteiger partial charge on any atom is 0.221 e. The van der Waals surface area contributed by atoms with E-state index in [1.54, 1.807) is 25.5 Å². The number of carbonyl (C=O) groups excluding carboxylic acids is 1. The van der Waals surface area contributed by atoms with Crippen LogP contribution in [0.3, 0.4) is 0 Å². The van der Waals surface area contributed by atoms with E-state index in [-0.39, 0.29) is 24.7 Å². The van der Waals surface area contributed by atoms with E-state index in [1.807, 2.05) is 61.5 Å². The van der Waals surface area contributed by atoms with Gasteiger partial charge in [0.2, 0.25) is 5.91 Å². The van der Waals surface area contributed by atoms with E-state index < -0.39 is 5.92 Å². The zero-order valence-electron chi connectivity index (χ0n) is 20.9. The van der Waals surface area contributed by atoms with Gasteiger partial charge < -0.3 is 19.0 Å². The van der Waals surface area contributed by atoms with Crippen LogP contribution in [0.15, 0.2) is 95.7 Å². The summed E-state index contributed by atoms with van der Waals surface area (Å²) in [6.45, 7) is 2.86. The molecule has 5 rings (SSSR count). The number of carbonyl (C=O) groups is 1. The van der Waals surface area contributed by atoms with Crippen LogP contribution < -0.4 is 10.1 Å². The third kappa shape index (κ3) is 5.43. The van der Waals surface area contributed by atoms with Crippen molar-refractivity contribution in [2.75, 3.05) is 7.11 Å². The summed E-state index contributed by atoms with van der Waals surface area (Å²) in [7, 11) is 1.65. The largest absolute Gasteiger partial charge is 0.497 e. The number of fused-ring (bicyclic) bond motifs is 1. The Morgan fingerprint density at radius 2 is 1.84 bits per heavy atom. The fourth-order valence-corrected chi connectivity index (χ4v) is 4.79. The van der Waals surface area contributed by atoms with Gasteiger partial charge in [-0.25, -0.2) is 4.39 Å². The Balaban J connectivity index is 1.53. The molecule has 0 aliphatic heterocycles. The lowest BCUT2D eigenvalue weighted by Gasteiger charge is -2.18. The summed E-state index contributed by atoms with van der Waals surface area (Å²) in [4.78, 5) is 13.1. The Kier molecular flexibility index (Phi) is 7.08. The molecule has 5 nitrogen and oxygen atoms in total. The van der Waals surface area contributed by atoms with E-state index in [9.17, 15) is 4.79 Å². The average Bonchev–Trinajstić information content (AvgIpc) is 3.57. The minimum atomic E-state index is -0.460. The Labute approximate surface area is 215 Å². The number of methoxy groups -OCH3 is 1. The SMILES string of the molecule is COc1ccc(Cn2cc([C@@H](CC(=O)NCc3ccco3)c3cc(C)ccc3F)c3ccccc32)cc1. The van der Waals surface area contributed by atoms with Gasteiger partial charge in [0.25, 0.3) is 0 Å². The molecule has 0 aliphatic carbocycles. The van der Waals surface area contributed by atoms with Crippen molar-refractivity contribution in [3.05, 3.63) is 125 Å². The molecule has 0 fully saturated rings. The summed E-state index contributed by atoms with van der Waals surface area (Å²) < 4.78 is 28.0. The zero-order valence-corrected chi connectivity index (χ0v) is 20.9. The summed E-state index contributed by atoms with van der Waals surface area (Å²) in [6.07, 6.45) is 3.74. The number of nitrogens with one attached hydrogen (secondary N) is 1. The second-order valence-corrected chi connectivity index (χ2v) is 9.22. The number of hydrogen-bond acceptors (Lipinski definition) is 3. The minimum absolute atomic E-state index is 0.109.